The first-order valence-electron chi connectivity index (χ1n) is 5.84. The van der Waals surface area contributed by atoms with Crippen molar-refractivity contribution < 1.29 is 0 Å². The maximum atomic E-state index is 5.34. The van der Waals surface area contributed by atoms with Gasteiger partial charge in [-0.15, -0.1) is 0 Å². The lowest BCUT2D eigenvalue weighted by molar-refractivity contribution is 0.653. The van der Waals surface area contributed by atoms with Gasteiger partial charge in [-0.2, -0.15) is 4.98 Å². The van der Waals surface area contributed by atoms with Gasteiger partial charge in [0.25, 0.3) is 0 Å². The first kappa shape index (κ1) is 11.6. The molecule has 1 aliphatic rings. The molecular weight excluding hydrogens is 296 g/mol. The first-order chi connectivity index (χ1) is 8.79. The second kappa shape index (κ2) is 4.66. The van der Waals surface area contributed by atoms with Crippen molar-refractivity contribution in [2.75, 3.05) is 5.43 Å². The summed E-state index contributed by atoms with van der Waals surface area (Å²) >= 11 is 3.47. The van der Waals surface area contributed by atoms with Crippen LogP contribution >= 0.6 is 15.9 Å². The van der Waals surface area contributed by atoms with Gasteiger partial charge >= 0.3 is 0 Å². The summed E-state index contributed by atoms with van der Waals surface area (Å²) in [5.74, 6) is 6.51. The van der Waals surface area contributed by atoms with Crippen molar-refractivity contribution in [3.05, 3.63) is 28.4 Å². The first-order valence-corrected chi connectivity index (χ1v) is 6.63. The Labute approximate surface area is 113 Å². The quantitative estimate of drug-likeness (QED) is 0.650. The Balaban J connectivity index is 2.11. The molecule has 3 N–H and O–H groups in total. The number of aromatic nitrogens is 4. The minimum Gasteiger partial charge on any atom is -0.292 e. The summed E-state index contributed by atoms with van der Waals surface area (Å²) in [4.78, 5) is 12.9. The molecule has 0 fully saturated rings. The van der Waals surface area contributed by atoms with Crippen molar-refractivity contribution in [1.29, 1.82) is 0 Å². The van der Waals surface area contributed by atoms with Crippen LogP contribution in [0.3, 0.4) is 0 Å². The molecule has 0 radical (unpaired) electrons. The number of nitrogen functional groups attached to an aromatic ring is 1. The van der Waals surface area contributed by atoms with E-state index in [1.807, 2.05) is 10.9 Å². The number of nitrogens with zero attached hydrogens (tertiary/aromatic N) is 4. The van der Waals surface area contributed by atoms with Crippen LogP contribution in [-0.2, 0) is 12.8 Å². The van der Waals surface area contributed by atoms with E-state index >= 15 is 0 Å². The third kappa shape index (κ3) is 1.89. The highest BCUT2D eigenvalue weighted by Crippen LogP contribution is 2.26. The summed E-state index contributed by atoms with van der Waals surface area (Å²) < 4.78 is 2.84. The summed E-state index contributed by atoms with van der Waals surface area (Å²) in [6, 6.07) is 0. The van der Waals surface area contributed by atoms with E-state index in [0.29, 0.717) is 5.95 Å². The normalized spacial score (nSPS) is 14.3. The molecule has 0 bridgehead atoms. The van der Waals surface area contributed by atoms with Crippen molar-refractivity contribution in [3.63, 3.8) is 0 Å². The Morgan fingerprint density at radius 3 is 2.94 bits per heavy atom. The fraction of sp³-hybridized carbons (Fsp3) is 0.364. The molecule has 3 rings (SSSR count). The van der Waals surface area contributed by atoms with E-state index in [4.69, 9.17) is 5.84 Å². The Morgan fingerprint density at radius 2 is 2.11 bits per heavy atom. The maximum Gasteiger partial charge on any atom is 0.239 e. The molecule has 7 heteroatoms. The van der Waals surface area contributed by atoms with Crippen LogP contribution in [0, 0.1) is 0 Å². The van der Waals surface area contributed by atoms with Crippen molar-refractivity contribution in [2.45, 2.75) is 25.7 Å². The van der Waals surface area contributed by atoms with E-state index < -0.39 is 0 Å². The van der Waals surface area contributed by atoms with Crippen LogP contribution in [0.15, 0.2) is 17.0 Å². The molecule has 2 heterocycles. The van der Waals surface area contributed by atoms with Crippen LogP contribution in [0.5, 0.6) is 0 Å². The number of anilines is 1. The van der Waals surface area contributed by atoms with Gasteiger partial charge in [-0.3, -0.25) is 9.99 Å². The van der Waals surface area contributed by atoms with E-state index in [1.165, 1.54) is 24.2 Å². The number of hydrazine groups is 1. The molecule has 0 amide bonds. The number of fused-ring (bicyclic) bond motifs is 1. The van der Waals surface area contributed by atoms with Crippen LogP contribution in [0.25, 0.3) is 5.82 Å². The summed E-state index contributed by atoms with van der Waals surface area (Å²) in [6.07, 6.45) is 8.01. The van der Waals surface area contributed by atoms with Crippen molar-refractivity contribution in [2.24, 2.45) is 5.84 Å². The molecule has 0 aromatic carbocycles. The van der Waals surface area contributed by atoms with Crippen molar-refractivity contribution in [1.82, 2.24) is 19.5 Å². The summed E-state index contributed by atoms with van der Waals surface area (Å²) in [6.45, 7) is 0. The van der Waals surface area contributed by atoms with Crippen molar-refractivity contribution in [3.8, 4) is 5.82 Å². The summed E-state index contributed by atoms with van der Waals surface area (Å²) in [7, 11) is 0. The lowest BCUT2D eigenvalue weighted by Crippen LogP contribution is -2.13. The number of halogens is 1. The van der Waals surface area contributed by atoms with Crippen LogP contribution in [-0.4, -0.2) is 19.5 Å². The molecule has 2 aromatic rings. The number of nitrogens with two attached hydrogens (primary N) is 1. The zero-order valence-corrected chi connectivity index (χ0v) is 11.3. The highest BCUT2D eigenvalue weighted by molar-refractivity contribution is 9.10. The Bertz CT molecular complexity index is 579. The fourth-order valence-electron chi connectivity index (χ4n) is 2.25. The topological polar surface area (TPSA) is 81.6 Å². The highest BCUT2D eigenvalue weighted by atomic mass is 79.9. The average molecular weight is 309 g/mol. The zero-order valence-electron chi connectivity index (χ0n) is 9.73. The average Bonchev–Trinajstić information content (AvgIpc) is 2.83. The lowest BCUT2D eigenvalue weighted by atomic mass is 10.0. The van der Waals surface area contributed by atoms with E-state index in [2.05, 4.69) is 36.3 Å². The standard InChI is InChI=1S/C11H13BrN6/c12-7-5-14-11(17-13)16-10(7)18-6-15-8-3-1-2-4-9(8)18/h5-6H,1-4,13H2,(H,14,16,17). The second-order valence-corrected chi connectivity index (χ2v) is 5.08. The summed E-state index contributed by atoms with van der Waals surface area (Å²) in [5.41, 5.74) is 4.87. The molecule has 0 unspecified atom stereocenters. The molecule has 2 aromatic heterocycles. The van der Waals surface area contributed by atoms with E-state index in [0.717, 1.165) is 23.1 Å². The predicted octanol–water partition coefficient (Wildman–Crippen LogP) is 1.59. The molecule has 6 nitrogen and oxygen atoms in total. The zero-order chi connectivity index (χ0) is 12.5. The SMILES string of the molecule is NNc1ncc(Br)c(-n2cnc3c2CCCC3)n1. The van der Waals surface area contributed by atoms with Gasteiger partial charge in [0.05, 0.1) is 10.2 Å². The smallest absolute Gasteiger partial charge is 0.239 e. The van der Waals surface area contributed by atoms with Crippen molar-refractivity contribution >= 4 is 21.9 Å². The van der Waals surface area contributed by atoms with Gasteiger partial charge in [-0.05, 0) is 41.6 Å². The summed E-state index contributed by atoms with van der Waals surface area (Å²) in [5, 5.41) is 0. The fourth-order valence-corrected chi connectivity index (χ4v) is 2.63. The van der Waals surface area contributed by atoms with Crippen LogP contribution in [0.4, 0.5) is 5.95 Å². The molecule has 0 saturated carbocycles. The number of nitrogens with one attached hydrogen (secondary N) is 1. The van der Waals surface area contributed by atoms with Crippen LogP contribution in [0.2, 0.25) is 0 Å². The molecular formula is C11H13BrN6. The molecule has 0 spiro atoms. The van der Waals surface area contributed by atoms with Crippen LogP contribution < -0.4 is 11.3 Å². The van der Waals surface area contributed by atoms with Crippen LogP contribution in [0.1, 0.15) is 24.2 Å². The Morgan fingerprint density at radius 1 is 1.28 bits per heavy atom. The number of hydrogen-bond donors (Lipinski definition) is 2. The number of rotatable bonds is 2. The highest BCUT2D eigenvalue weighted by Gasteiger charge is 2.18. The van der Waals surface area contributed by atoms with E-state index in [1.54, 1.807) is 6.20 Å². The van der Waals surface area contributed by atoms with Gasteiger partial charge in [0, 0.05) is 11.9 Å². The molecule has 0 saturated heterocycles. The minimum absolute atomic E-state index is 0.395. The molecule has 0 aliphatic heterocycles. The number of imidazole rings is 1. The number of hydrogen-bond acceptors (Lipinski definition) is 5. The Kier molecular flexibility index (Phi) is 3.00. The van der Waals surface area contributed by atoms with Gasteiger partial charge < -0.3 is 0 Å². The van der Waals surface area contributed by atoms with Gasteiger partial charge in [0.1, 0.15) is 6.33 Å². The minimum atomic E-state index is 0.395. The van der Waals surface area contributed by atoms with Gasteiger partial charge in [-0.1, -0.05) is 0 Å². The Hall–Kier alpha value is -1.47. The predicted molar refractivity (Wildman–Crippen MR) is 71.3 cm³/mol. The molecule has 94 valence electrons. The molecule has 1 aliphatic carbocycles. The van der Waals surface area contributed by atoms with E-state index in [-0.39, 0.29) is 0 Å². The third-order valence-electron chi connectivity index (χ3n) is 3.11. The number of aryl methyl sites for hydroxylation is 1. The van der Waals surface area contributed by atoms with Gasteiger partial charge in [0.15, 0.2) is 5.82 Å². The maximum absolute atomic E-state index is 5.34. The molecule has 18 heavy (non-hydrogen) atoms. The monoisotopic (exact) mass is 308 g/mol. The second-order valence-electron chi connectivity index (χ2n) is 4.22. The third-order valence-corrected chi connectivity index (χ3v) is 3.67. The van der Waals surface area contributed by atoms with E-state index in [9.17, 15) is 0 Å². The van der Waals surface area contributed by atoms with Gasteiger partial charge in [-0.25, -0.2) is 15.8 Å². The molecule has 0 atom stereocenters. The lowest BCUT2D eigenvalue weighted by Gasteiger charge is -2.14. The van der Waals surface area contributed by atoms with Gasteiger partial charge in [0.2, 0.25) is 5.95 Å². The largest absolute Gasteiger partial charge is 0.292 e.